The predicted octanol–water partition coefficient (Wildman–Crippen LogP) is 3.00. The van der Waals surface area contributed by atoms with Crippen LogP contribution in [-0.4, -0.2) is 0 Å². The first-order chi connectivity index (χ1) is 4.20. The van der Waals surface area contributed by atoms with Crippen LogP contribution in [0.25, 0.3) is 0 Å². The van der Waals surface area contributed by atoms with Gasteiger partial charge in [-0.1, -0.05) is 25.5 Å². The molecule has 0 aromatic heterocycles. The second-order valence-corrected chi connectivity index (χ2v) is 3.51. The molecule has 1 rings (SSSR count). The molecule has 0 aromatic rings. The van der Waals surface area contributed by atoms with Gasteiger partial charge in [0.25, 0.3) is 0 Å². The lowest BCUT2D eigenvalue weighted by Gasteiger charge is -2.25. The third-order valence-electron chi connectivity index (χ3n) is 2.12. The van der Waals surface area contributed by atoms with Gasteiger partial charge in [-0.2, -0.15) is 0 Å². The molecule has 0 amide bonds. The third-order valence-corrected chi connectivity index (χ3v) is 2.12. The van der Waals surface area contributed by atoms with E-state index in [-0.39, 0.29) is 0 Å². The molecule has 1 atom stereocenters. The molecule has 0 bridgehead atoms. The summed E-state index contributed by atoms with van der Waals surface area (Å²) >= 11 is 0. The summed E-state index contributed by atoms with van der Waals surface area (Å²) in [4.78, 5) is 0. The highest BCUT2D eigenvalue weighted by molar-refractivity contribution is 5.14. The van der Waals surface area contributed by atoms with Crippen LogP contribution in [0.1, 0.15) is 33.6 Å². The van der Waals surface area contributed by atoms with E-state index in [2.05, 4.69) is 26.8 Å². The lowest BCUT2D eigenvalue weighted by atomic mass is 9.80. The Hall–Kier alpha value is -0.260. The number of hydrogen-bond donors (Lipinski definition) is 0. The maximum absolute atomic E-state index is 2.34. The van der Waals surface area contributed by atoms with Crippen molar-refractivity contribution >= 4 is 0 Å². The molecule has 0 spiro atoms. The van der Waals surface area contributed by atoms with Crippen LogP contribution >= 0.6 is 0 Å². The van der Waals surface area contributed by atoms with Crippen molar-refractivity contribution in [2.45, 2.75) is 33.6 Å². The van der Waals surface area contributed by atoms with Crippen LogP contribution in [0.3, 0.4) is 0 Å². The second kappa shape index (κ2) is 2.55. The van der Waals surface area contributed by atoms with E-state index in [1.807, 2.05) is 0 Å². The van der Waals surface area contributed by atoms with Gasteiger partial charge in [0.1, 0.15) is 0 Å². The third kappa shape index (κ3) is 1.57. The Bertz CT molecular complexity index is 120. The zero-order chi connectivity index (χ0) is 6.85. The second-order valence-electron chi connectivity index (χ2n) is 3.51. The van der Waals surface area contributed by atoms with Crippen LogP contribution in [0.2, 0.25) is 0 Å². The monoisotopic (exact) mass is 124 g/mol. The van der Waals surface area contributed by atoms with Gasteiger partial charge in [0, 0.05) is 0 Å². The van der Waals surface area contributed by atoms with Crippen LogP contribution in [0.15, 0.2) is 11.6 Å². The highest BCUT2D eigenvalue weighted by Crippen LogP contribution is 2.31. The summed E-state index contributed by atoms with van der Waals surface area (Å²) in [5.41, 5.74) is 1.61. The van der Waals surface area contributed by atoms with E-state index in [0.29, 0.717) is 0 Å². The topological polar surface area (TPSA) is 0 Å². The lowest BCUT2D eigenvalue weighted by Crippen LogP contribution is -2.12. The molecule has 0 nitrogen and oxygen atoms in total. The van der Waals surface area contributed by atoms with Crippen molar-refractivity contribution in [3.63, 3.8) is 0 Å². The molecule has 0 heterocycles. The quantitative estimate of drug-likeness (QED) is 0.496. The maximum atomic E-state index is 2.34. The van der Waals surface area contributed by atoms with Crippen molar-refractivity contribution in [2.75, 3.05) is 0 Å². The van der Waals surface area contributed by atoms with Crippen molar-refractivity contribution in [1.29, 1.82) is 0 Å². The van der Waals surface area contributed by atoms with Gasteiger partial charge in [0.15, 0.2) is 0 Å². The minimum absolute atomic E-state index is 0.874. The van der Waals surface area contributed by atoms with E-state index in [0.717, 1.165) is 11.8 Å². The Kier molecular flexibility index (Phi) is 1.94. The Labute approximate surface area is 58.0 Å². The molecule has 9 heavy (non-hydrogen) atoms. The van der Waals surface area contributed by atoms with Crippen LogP contribution in [-0.2, 0) is 0 Å². The van der Waals surface area contributed by atoms with Crippen molar-refractivity contribution < 1.29 is 0 Å². The fourth-order valence-corrected chi connectivity index (χ4v) is 1.37. The van der Waals surface area contributed by atoms with Gasteiger partial charge >= 0.3 is 0 Å². The summed E-state index contributed by atoms with van der Waals surface area (Å²) in [5.74, 6) is 1.81. The van der Waals surface area contributed by atoms with Gasteiger partial charge in [-0.3, -0.25) is 0 Å². The largest absolute Gasteiger partial charge is 0.0847 e. The normalized spacial score (nSPS) is 25.8. The van der Waals surface area contributed by atoms with E-state index in [9.17, 15) is 0 Å². The zero-order valence-electron chi connectivity index (χ0n) is 6.65. The summed E-state index contributed by atoms with van der Waals surface area (Å²) < 4.78 is 0. The standard InChI is InChI=1S/C9H16/c1-7(2)6-9-5-4-8(9)3/h4,7,9H,5-6H2,1-3H3. The molecule has 52 valence electrons. The summed E-state index contributed by atoms with van der Waals surface area (Å²) in [6, 6.07) is 0. The Balaban J connectivity index is 2.24. The minimum atomic E-state index is 0.874. The van der Waals surface area contributed by atoms with Crippen molar-refractivity contribution in [2.24, 2.45) is 11.8 Å². The van der Waals surface area contributed by atoms with Crippen LogP contribution in [0.4, 0.5) is 0 Å². The molecular weight excluding hydrogens is 108 g/mol. The molecule has 0 saturated carbocycles. The molecule has 1 aliphatic rings. The molecule has 0 aliphatic heterocycles. The first-order valence-corrected chi connectivity index (χ1v) is 3.87. The molecule has 0 fully saturated rings. The predicted molar refractivity (Wildman–Crippen MR) is 41.3 cm³/mol. The maximum Gasteiger partial charge on any atom is -0.0169 e. The molecule has 1 aliphatic carbocycles. The smallest absolute Gasteiger partial charge is 0.0169 e. The summed E-state index contributed by atoms with van der Waals surface area (Å²) in [7, 11) is 0. The first-order valence-electron chi connectivity index (χ1n) is 3.87. The average molecular weight is 124 g/mol. The molecule has 0 radical (unpaired) electrons. The van der Waals surface area contributed by atoms with E-state index >= 15 is 0 Å². The van der Waals surface area contributed by atoms with Crippen LogP contribution < -0.4 is 0 Å². The molecule has 0 aromatic carbocycles. The van der Waals surface area contributed by atoms with Crippen LogP contribution in [0.5, 0.6) is 0 Å². The van der Waals surface area contributed by atoms with E-state index < -0.39 is 0 Å². The summed E-state index contributed by atoms with van der Waals surface area (Å²) in [6.07, 6.45) is 5.07. The summed E-state index contributed by atoms with van der Waals surface area (Å²) in [6.45, 7) is 6.84. The van der Waals surface area contributed by atoms with Gasteiger partial charge in [-0.15, -0.1) is 0 Å². The van der Waals surface area contributed by atoms with Gasteiger partial charge < -0.3 is 0 Å². The van der Waals surface area contributed by atoms with Crippen molar-refractivity contribution in [3.8, 4) is 0 Å². The number of rotatable bonds is 2. The first kappa shape index (κ1) is 6.85. The Morgan fingerprint density at radius 3 is 2.44 bits per heavy atom. The van der Waals surface area contributed by atoms with Crippen molar-refractivity contribution in [1.82, 2.24) is 0 Å². The van der Waals surface area contributed by atoms with Gasteiger partial charge in [-0.25, -0.2) is 0 Å². The van der Waals surface area contributed by atoms with E-state index in [1.54, 1.807) is 5.57 Å². The SMILES string of the molecule is CC1=CCC1CC(C)C. The van der Waals surface area contributed by atoms with Gasteiger partial charge in [-0.05, 0) is 31.6 Å². The molecular formula is C9H16. The highest BCUT2D eigenvalue weighted by Gasteiger charge is 2.17. The Morgan fingerprint density at radius 1 is 1.67 bits per heavy atom. The molecule has 0 saturated heterocycles. The van der Waals surface area contributed by atoms with Gasteiger partial charge in [0.05, 0.1) is 0 Å². The molecule has 1 unspecified atom stereocenters. The Morgan fingerprint density at radius 2 is 2.33 bits per heavy atom. The summed E-state index contributed by atoms with van der Waals surface area (Å²) in [5, 5.41) is 0. The average Bonchev–Trinajstić information content (AvgIpc) is 1.79. The van der Waals surface area contributed by atoms with Crippen LogP contribution in [0, 0.1) is 11.8 Å². The van der Waals surface area contributed by atoms with Crippen molar-refractivity contribution in [3.05, 3.63) is 11.6 Å². The molecule has 0 heteroatoms. The van der Waals surface area contributed by atoms with Gasteiger partial charge in [0.2, 0.25) is 0 Å². The van der Waals surface area contributed by atoms with E-state index in [4.69, 9.17) is 0 Å². The molecule has 0 N–H and O–H groups in total. The number of hydrogen-bond acceptors (Lipinski definition) is 0. The minimum Gasteiger partial charge on any atom is -0.0847 e. The fraction of sp³-hybridized carbons (Fsp3) is 0.778. The number of allylic oxidation sites excluding steroid dienone is 2. The van der Waals surface area contributed by atoms with E-state index in [1.165, 1.54) is 12.8 Å². The fourth-order valence-electron chi connectivity index (χ4n) is 1.37. The zero-order valence-corrected chi connectivity index (χ0v) is 6.65. The highest BCUT2D eigenvalue weighted by atomic mass is 14.2. The lowest BCUT2D eigenvalue weighted by molar-refractivity contribution is 0.431.